The standard InChI is InChI=1S/C25H25ClNO2/c1-2-27(17-18-7-4-3-5-8-18)14-6-9-25(27)28-20-11-13-22-21-12-10-19(26)15-23(21)29-24(22)16-20/h3-5,7-8,10-13,15-16,25H,2,6,9,14,17H2,1H3/q+1. The van der Waals surface area contributed by atoms with Gasteiger partial charge in [0.15, 0.2) is 0 Å². The van der Waals surface area contributed by atoms with E-state index >= 15 is 0 Å². The molecule has 0 radical (unpaired) electrons. The van der Waals surface area contributed by atoms with Gasteiger partial charge in [0.25, 0.3) is 0 Å². The molecule has 148 valence electrons. The molecule has 1 fully saturated rings. The number of ether oxygens (including phenoxy) is 1. The Morgan fingerprint density at radius 1 is 1.00 bits per heavy atom. The lowest BCUT2D eigenvalue weighted by Gasteiger charge is -2.38. The van der Waals surface area contributed by atoms with Crippen LogP contribution in [-0.2, 0) is 6.54 Å². The third-order valence-electron chi connectivity index (χ3n) is 6.31. The van der Waals surface area contributed by atoms with Crippen LogP contribution in [0.3, 0.4) is 0 Å². The molecule has 29 heavy (non-hydrogen) atoms. The molecule has 1 aliphatic heterocycles. The summed E-state index contributed by atoms with van der Waals surface area (Å²) < 4.78 is 13.6. The van der Waals surface area contributed by atoms with Gasteiger partial charge in [0.05, 0.1) is 13.1 Å². The van der Waals surface area contributed by atoms with Crippen molar-refractivity contribution in [2.75, 3.05) is 13.1 Å². The van der Waals surface area contributed by atoms with Gasteiger partial charge >= 0.3 is 0 Å². The molecule has 2 heterocycles. The second-order valence-electron chi connectivity index (χ2n) is 8.02. The van der Waals surface area contributed by atoms with E-state index in [9.17, 15) is 0 Å². The molecule has 1 aromatic heterocycles. The Morgan fingerprint density at radius 2 is 1.76 bits per heavy atom. The van der Waals surface area contributed by atoms with E-state index in [-0.39, 0.29) is 6.23 Å². The third kappa shape index (κ3) is 3.39. The fourth-order valence-electron chi connectivity index (χ4n) is 4.73. The predicted molar refractivity (Wildman–Crippen MR) is 118 cm³/mol. The van der Waals surface area contributed by atoms with Crippen molar-refractivity contribution in [2.45, 2.75) is 32.5 Å². The second kappa shape index (κ2) is 7.40. The summed E-state index contributed by atoms with van der Waals surface area (Å²) in [6.07, 6.45) is 2.43. The number of nitrogens with zero attached hydrogens (tertiary/aromatic N) is 1. The molecular weight excluding hydrogens is 382 g/mol. The van der Waals surface area contributed by atoms with Gasteiger partial charge in [0.1, 0.15) is 23.5 Å². The SMILES string of the molecule is CC[N+]1(Cc2ccccc2)CCCC1Oc1ccc2c(c1)oc1cc(Cl)ccc12. The number of likely N-dealkylation sites (tertiary alicyclic amines) is 1. The minimum absolute atomic E-state index is 0.163. The van der Waals surface area contributed by atoms with Crippen LogP contribution in [0.15, 0.2) is 71.1 Å². The molecule has 0 amide bonds. The molecule has 2 atom stereocenters. The highest BCUT2D eigenvalue weighted by atomic mass is 35.5. The maximum atomic E-state index is 6.57. The molecule has 0 aliphatic carbocycles. The highest BCUT2D eigenvalue weighted by Crippen LogP contribution is 2.35. The quantitative estimate of drug-likeness (QED) is 0.341. The number of quaternary nitrogens is 1. The van der Waals surface area contributed by atoms with Crippen LogP contribution in [0.2, 0.25) is 5.02 Å². The number of hydrogen-bond donors (Lipinski definition) is 0. The van der Waals surface area contributed by atoms with E-state index < -0.39 is 0 Å². The van der Waals surface area contributed by atoms with Crippen molar-refractivity contribution in [3.8, 4) is 5.75 Å². The molecule has 0 bridgehead atoms. The normalized spacial score (nSPS) is 21.8. The molecule has 4 aromatic rings. The van der Waals surface area contributed by atoms with Crippen LogP contribution >= 0.6 is 11.6 Å². The van der Waals surface area contributed by atoms with E-state index in [4.69, 9.17) is 20.8 Å². The molecule has 3 aromatic carbocycles. The summed E-state index contributed by atoms with van der Waals surface area (Å²) in [6.45, 7) is 5.50. The monoisotopic (exact) mass is 406 g/mol. The Bertz CT molecular complexity index is 1150. The maximum absolute atomic E-state index is 6.57. The number of halogens is 1. The summed E-state index contributed by atoms with van der Waals surface area (Å²) in [5.41, 5.74) is 3.03. The minimum atomic E-state index is 0.163. The van der Waals surface area contributed by atoms with Gasteiger partial charge in [-0.1, -0.05) is 41.9 Å². The lowest BCUT2D eigenvalue weighted by molar-refractivity contribution is -0.966. The van der Waals surface area contributed by atoms with Crippen molar-refractivity contribution in [3.63, 3.8) is 0 Å². The Morgan fingerprint density at radius 3 is 2.55 bits per heavy atom. The molecular formula is C25H25ClNO2+. The highest BCUT2D eigenvalue weighted by molar-refractivity contribution is 6.31. The van der Waals surface area contributed by atoms with E-state index in [1.807, 2.05) is 24.3 Å². The second-order valence-corrected chi connectivity index (χ2v) is 8.45. The summed E-state index contributed by atoms with van der Waals surface area (Å²) in [6, 6.07) is 22.7. The summed E-state index contributed by atoms with van der Waals surface area (Å²) >= 11 is 6.12. The van der Waals surface area contributed by atoms with Gasteiger partial charge in [0.2, 0.25) is 6.23 Å². The Hall–Kier alpha value is -2.49. The largest absolute Gasteiger partial charge is 0.456 e. The Balaban J connectivity index is 1.44. The van der Waals surface area contributed by atoms with Crippen LogP contribution in [0.5, 0.6) is 5.75 Å². The van der Waals surface area contributed by atoms with E-state index in [1.54, 1.807) is 0 Å². The molecule has 1 saturated heterocycles. The van der Waals surface area contributed by atoms with Gasteiger partial charge in [-0.2, -0.15) is 0 Å². The first-order valence-corrected chi connectivity index (χ1v) is 10.7. The number of hydrogen-bond acceptors (Lipinski definition) is 2. The first-order chi connectivity index (χ1) is 14.2. The van der Waals surface area contributed by atoms with Gasteiger partial charge in [-0.05, 0) is 31.2 Å². The lowest BCUT2D eigenvalue weighted by Crippen LogP contribution is -2.53. The lowest BCUT2D eigenvalue weighted by atomic mass is 10.1. The molecule has 0 spiro atoms. The summed E-state index contributed by atoms with van der Waals surface area (Å²) in [7, 11) is 0. The van der Waals surface area contributed by atoms with Crippen molar-refractivity contribution in [1.82, 2.24) is 0 Å². The van der Waals surface area contributed by atoms with Crippen LogP contribution in [0, 0.1) is 0 Å². The molecule has 5 rings (SSSR count). The molecule has 1 aliphatic rings. The van der Waals surface area contributed by atoms with Gasteiger partial charge in [-0.15, -0.1) is 0 Å². The fourth-order valence-corrected chi connectivity index (χ4v) is 4.89. The minimum Gasteiger partial charge on any atom is -0.456 e. The van der Waals surface area contributed by atoms with E-state index in [2.05, 4.69) is 49.4 Å². The van der Waals surface area contributed by atoms with E-state index in [0.29, 0.717) is 5.02 Å². The average Bonchev–Trinajstić information content (AvgIpc) is 3.29. The van der Waals surface area contributed by atoms with Crippen molar-refractivity contribution >= 4 is 33.5 Å². The summed E-state index contributed by atoms with van der Waals surface area (Å²) in [5.74, 6) is 0.874. The number of benzene rings is 3. The van der Waals surface area contributed by atoms with Gasteiger partial charge < -0.3 is 9.15 Å². The topological polar surface area (TPSA) is 22.4 Å². The third-order valence-corrected chi connectivity index (χ3v) is 6.55. The summed E-state index contributed by atoms with van der Waals surface area (Å²) in [5, 5.41) is 2.86. The smallest absolute Gasteiger partial charge is 0.234 e. The highest BCUT2D eigenvalue weighted by Gasteiger charge is 2.42. The number of rotatable bonds is 5. The molecule has 0 N–H and O–H groups in total. The Labute approximate surface area is 176 Å². The molecule has 2 unspecified atom stereocenters. The first-order valence-electron chi connectivity index (χ1n) is 10.3. The number of furan rings is 1. The fraction of sp³-hybridized carbons (Fsp3) is 0.280. The zero-order chi connectivity index (χ0) is 19.8. The summed E-state index contributed by atoms with van der Waals surface area (Å²) in [4.78, 5) is 0. The molecule has 4 heteroatoms. The average molecular weight is 407 g/mol. The van der Waals surface area contributed by atoms with Crippen molar-refractivity contribution < 1.29 is 13.6 Å². The predicted octanol–water partition coefficient (Wildman–Crippen LogP) is 6.78. The van der Waals surface area contributed by atoms with Crippen LogP contribution in [0.4, 0.5) is 0 Å². The first kappa shape index (κ1) is 18.5. The maximum Gasteiger partial charge on any atom is 0.234 e. The zero-order valence-electron chi connectivity index (χ0n) is 16.6. The Kier molecular flexibility index (Phi) is 4.73. The molecule has 0 saturated carbocycles. The van der Waals surface area contributed by atoms with E-state index in [1.165, 1.54) is 12.0 Å². The van der Waals surface area contributed by atoms with Gasteiger partial charge in [-0.25, -0.2) is 0 Å². The van der Waals surface area contributed by atoms with Crippen molar-refractivity contribution in [1.29, 1.82) is 0 Å². The van der Waals surface area contributed by atoms with Crippen molar-refractivity contribution in [2.24, 2.45) is 0 Å². The van der Waals surface area contributed by atoms with Crippen molar-refractivity contribution in [3.05, 3.63) is 77.3 Å². The van der Waals surface area contributed by atoms with Crippen LogP contribution < -0.4 is 4.74 Å². The zero-order valence-corrected chi connectivity index (χ0v) is 17.4. The number of fused-ring (bicyclic) bond motifs is 3. The van der Waals surface area contributed by atoms with Crippen LogP contribution in [-0.4, -0.2) is 23.8 Å². The van der Waals surface area contributed by atoms with Gasteiger partial charge in [-0.3, -0.25) is 4.48 Å². The van der Waals surface area contributed by atoms with Crippen LogP contribution in [0.1, 0.15) is 25.3 Å². The van der Waals surface area contributed by atoms with E-state index in [0.717, 1.165) is 58.2 Å². The molecule has 3 nitrogen and oxygen atoms in total. The van der Waals surface area contributed by atoms with Crippen LogP contribution in [0.25, 0.3) is 21.9 Å². The van der Waals surface area contributed by atoms with Gasteiger partial charge in [0, 0.05) is 46.3 Å².